The molecule has 0 saturated carbocycles. The van der Waals surface area contributed by atoms with Crippen LogP contribution >= 0.6 is 0 Å². The van der Waals surface area contributed by atoms with E-state index in [1.807, 2.05) is 26.0 Å². The van der Waals surface area contributed by atoms with Crippen LogP contribution in [0.15, 0.2) is 48.8 Å². The molecule has 3 N–H and O–H groups in total. The number of nitrogens with one attached hydrogen (secondary N) is 3. The van der Waals surface area contributed by atoms with E-state index >= 15 is 0 Å². The molecule has 0 bridgehead atoms. The van der Waals surface area contributed by atoms with Gasteiger partial charge in [0.2, 0.25) is 5.91 Å². The van der Waals surface area contributed by atoms with Gasteiger partial charge in [-0.2, -0.15) is 0 Å². The van der Waals surface area contributed by atoms with E-state index in [0.717, 1.165) is 5.56 Å². The highest BCUT2D eigenvalue weighted by Gasteiger charge is 2.06. The summed E-state index contributed by atoms with van der Waals surface area (Å²) in [6.07, 6.45) is 3.33. The van der Waals surface area contributed by atoms with Gasteiger partial charge >= 0.3 is 6.03 Å². The number of hydrogen-bond acceptors (Lipinski definition) is 4. The first-order valence-corrected chi connectivity index (χ1v) is 7.98. The molecule has 7 nitrogen and oxygen atoms in total. The van der Waals surface area contributed by atoms with E-state index in [0.29, 0.717) is 17.9 Å². The van der Waals surface area contributed by atoms with E-state index in [1.54, 1.807) is 36.7 Å². The van der Waals surface area contributed by atoms with Crippen molar-refractivity contribution in [1.82, 2.24) is 10.3 Å². The Labute approximate surface area is 146 Å². The fourth-order valence-corrected chi connectivity index (χ4v) is 1.97. The minimum atomic E-state index is -0.330. The number of nitrogens with zero attached hydrogens (tertiary/aromatic N) is 1. The second-order valence-corrected chi connectivity index (χ2v) is 5.65. The fourth-order valence-electron chi connectivity index (χ4n) is 1.97. The van der Waals surface area contributed by atoms with Gasteiger partial charge in [-0.25, -0.2) is 4.79 Å². The summed E-state index contributed by atoms with van der Waals surface area (Å²) in [7, 11) is 0. The van der Waals surface area contributed by atoms with Crippen molar-refractivity contribution >= 4 is 23.3 Å². The van der Waals surface area contributed by atoms with E-state index in [-0.39, 0.29) is 24.6 Å². The number of pyridine rings is 1. The number of anilines is 2. The molecule has 7 heteroatoms. The van der Waals surface area contributed by atoms with Gasteiger partial charge < -0.3 is 20.7 Å². The minimum absolute atomic E-state index is 0.0113. The second kappa shape index (κ2) is 9.39. The monoisotopic (exact) mass is 342 g/mol. The first-order chi connectivity index (χ1) is 12.0. The molecule has 0 atom stereocenters. The number of rotatable bonds is 7. The third-order valence-electron chi connectivity index (χ3n) is 3.15. The van der Waals surface area contributed by atoms with Crippen LogP contribution in [-0.2, 0) is 16.1 Å². The van der Waals surface area contributed by atoms with Crippen molar-refractivity contribution in [3.63, 3.8) is 0 Å². The Morgan fingerprint density at radius 1 is 1.08 bits per heavy atom. The highest BCUT2D eigenvalue weighted by Crippen LogP contribution is 2.15. The minimum Gasteiger partial charge on any atom is -0.369 e. The van der Waals surface area contributed by atoms with Gasteiger partial charge in [0.25, 0.3) is 0 Å². The van der Waals surface area contributed by atoms with E-state index in [4.69, 9.17) is 4.74 Å². The molecule has 0 aliphatic rings. The number of amides is 3. The summed E-state index contributed by atoms with van der Waals surface area (Å²) >= 11 is 0. The maximum Gasteiger partial charge on any atom is 0.319 e. The third-order valence-corrected chi connectivity index (χ3v) is 3.15. The number of benzene rings is 1. The molecule has 0 aliphatic carbocycles. The Balaban J connectivity index is 1.83. The number of carbonyl (C=O) groups excluding carboxylic acids is 2. The van der Waals surface area contributed by atoms with Crippen molar-refractivity contribution < 1.29 is 14.3 Å². The molecular formula is C18H22N4O3. The molecule has 2 aromatic rings. The normalized spacial score (nSPS) is 10.4. The van der Waals surface area contributed by atoms with Crippen LogP contribution in [0.1, 0.15) is 19.4 Å². The second-order valence-electron chi connectivity index (χ2n) is 5.65. The van der Waals surface area contributed by atoms with E-state index < -0.39 is 0 Å². The maximum atomic E-state index is 12.0. The number of ether oxygens (including phenoxy) is 1. The summed E-state index contributed by atoms with van der Waals surface area (Å²) in [5.74, 6) is -0.243. The molecule has 0 fully saturated rings. The van der Waals surface area contributed by atoms with Crippen LogP contribution in [-0.4, -0.2) is 29.6 Å². The first kappa shape index (κ1) is 18.4. The predicted octanol–water partition coefficient (Wildman–Crippen LogP) is 2.77. The van der Waals surface area contributed by atoms with Crippen molar-refractivity contribution in [2.24, 2.45) is 0 Å². The van der Waals surface area contributed by atoms with Gasteiger partial charge in [-0.1, -0.05) is 6.07 Å². The summed E-state index contributed by atoms with van der Waals surface area (Å²) in [6, 6.07) is 10.2. The van der Waals surface area contributed by atoms with Crippen LogP contribution in [0, 0.1) is 0 Å². The van der Waals surface area contributed by atoms with Crippen LogP contribution < -0.4 is 16.0 Å². The van der Waals surface area contributed by atoms with E-state index in [2.05, 4.69) is 20.9 Å². The Morgan fingerprint density at radius 2 is 1.76 bits per heavy atom. The van der Waals surface area contributed by atoms with Gasteiger partial charge in [-0.15, -0.1) is 0 Å². The summed E-state index contributed by atoms with van der Waals surface area (Å²) in [5, 5.41) is 8.21. The number of hydrogen-bond donors (Lipinski definition) is 3. The van der Waals surface area contributed by atoms with Gasteiger partial charge in [-0.05, 0) is 49.7 Å². The summed E-state index contributed by atoms with van der Waals surface area (Å²) in [5.41, 5.74) is 2.12. The van der Waals surface area contributed by atoms with Gasteiger partial charge in [0.15, 0.2) is 0 Å². The van der Waals surface area contributed by atoms with Crippen molar-refractivity contribution in [3.8, 4) is 0 Å². The third kappa shape index (κ3) is 7.01. The lowest BCUT2D eigenvalue weighted by atomic mass is 10.2. The largest absolute Gasteiger partial charge is 0.369 e. The molecule has 25 heavy (non-hydrogen) atoms. The lowest BCUT2D eigenvalue weighted by Crippen LogP contribution is -2.28. The van der Waals surface area contributed by atoms with Crippen molar-refractivity contribution in [2.45, 2.75) is 26.5 Å². The number of carbonyl (C=O) groups is 2. The molecule has 0 unspecified atom stereocenters. The van der Waals surface area contributed by atoms with Crippen LogP contribution in [0.2, 0.25) is 0 Å². The lowest BCUT2D eigenvalue weighted by Gasteiger charge is -2.11. The van der Waals surface area contributed by atoms with Gasteiger partial charge in [0.1, 0.15) is 6.61 Å². The molecule has 1 heterocycles. The summed E-state index contributed by atoms with van der Waals surface area (Å²) < 4.78 is 5.25. The van der Waals surface area contributed by atoms with Crippen LogP contribution in [0.5, 0.6) is 0 Å². The smallest absolute Gasteiger partial charge is 0.319 e. The van der Waals surface area contributed by atoms with Crippen LogP contribution in [0.25, 0.3) is 0 Å². The Morgan fingerprint density at radius 3 is 2.44 bits per heavy atom. The van der Waals surface area contributed by atoms with Crippen molar-refractivity contribution in [3.05, 3.63) is 54.4 Å². The zero-order valence-electron chi connectivity index (χ0n) is 14.3. The van der Waals surface area contributed by atoms with Gasteiger partial charge in [0.05, 0.1) is 6.10 Å². The SMILES string of the molecule is CC(C)OCC(=O)Nc1cccc(NC(=O)NCc2ccncc2)c1. The number of urea groups is 1. The maximum absolute atomic E-state index is 12.0. The molecular weight excluding hydrogens is 320 g/mol. The standard InChI is InChI=1S/C18H22N4O3/c1-13(2)25-12-17(23)21-15-4-3-5-16(10-15)22-18(24)20-11-14-6-8-19-9-7-14/h3-10,13H,11-12H2,1-2H3,(H,21,23)(H2,20,22,24). The number of aromatic nitrogens is 1. The molecule has 3 amide bonds. The zero-order valence-corrected chi connectivity index (χ0v) is 14.3. The highest BCUT2D eigenvalue weighted by atomic mass is 16.5. The van der Waals surface area contributed by atoms with Gasteiger partial charge in [0, 0.05) is 30.3 Å². The molecule has 0 aliphatic heterocycles. The topological polar surface area (TPSA) is 92.4 Å². The van der Waals surface area contributed by atoms with Crippen LogP contribution in [0.4, 0.5) is 16.2 Å². The van der Waals surface area contributed by atoms with Crippen LogP contribution in [0.3, 0.4) is 0 Å². The molecule has 0 radical (unpaired) electrons. The Bertz CT molecular complexity index is 704. The summed E-state index contributed by atoms with van der Waals surface area (Å²) in [6.45, 7) is 4.11. The average molecular weight is 342 g/mol. The quantitative estimate of drug-likeness (QED) is 0.721. The zero-order chi connectivity index (χ0) is 18.1. The molecule has 1 aromatic heterocycles. The molecule has 0 spiro atoms. The molecule has 132 valence electrons. The Kier molecular flexibility index (Phi) is 6.91. The lowest BCUT2D eigenvalue weighted by molar-refractivity contribution is -0.121. The molecule has 2 rings (SSSR count). The molecule has 1 aromatic carbocycles. The van der Waals surface area contributed by atoms with E-state index in [9.17, 15) is 9.59 Å². The van der Waals surface area contributed by atoms with Crippen molar-refractivity contribution in [1.29, 1.82) is 0 Å². The fraction of sp³-hybridized carbons (Fsp3) is 0.278. The van der Waals surface area contributed by atoms with E-state index in [1.165, 1.54) is 0 Å². The predicted molar refractivity (Wildman–Crippen MR) is 96.3 cm³/mol. The summed E-state index contributed by atoms with van der Waals surface area (Å²) in [4.78, 5) is 27.6. The Hall–Kier alpha value is -2.93. The first-order valence-electron chi connectivity index (χ1n) is 7.98. The van der Waals surface area contributed by atoms with Gasteiger partial charge in [-0.3, -0.25) is 9.78 Å². The molecule has 0 saturated heterocycles. The van der Waals surface area contributed by atoms with Crippen molar-refractivity contribution in [2.75, 3.05) is 17.2 Å². The average Bonchev–Trinajstić information content (AvgIpc) is 2.59. The highest BCUT2D eigenvalue weighted by molar-refractivity contribution is 5.94.